The summed E-state index contributed by atoms with van der Waals surface area (Å²) in [5, 5.41) is 5.25. The van der Waals surface area contributed by atoms with E-state index in [1.807, 2.05) is 41.3 Å². The summed E-state index contributed by atoms with van der Waals surface area (Å²) >= 11 is 6.21. The van der Waals surface area contributed by atoms with Crippen LogP contribution in [-0.4, -0.2) is 58.2 Å². The second-order valence-corrected chi connectivity index (χ2v) is 8.63. The predicted octanol–water partition coefficient (Wildman–Crippen LogP) is 5.26. The first kappa shape index (κ1) is 22.2. The number of piperazine rings is 1. The number of amides is 1. The Morgan fingerprint density at radius 3 is 2.53 bits per heavy atom. The average Bonchev–Trinajstić information content (AvgIpc) is 3.55. The number of aromatic nitrogens is 2. The van der Waals surface area contributed by atoms with Gasteiger partial charge in [-0.05, 0) is 35.9 Å². The highest BCUT2D eigenvalue weighted by Crippen LogP contribution is 2.24. The first-order valence-electron chi connectivity index (χ1n) is 11.3. The zero-order valence-electron chi connectivity index (χ0n) is 18.7. The van der Waals surface area contributed by atoms with Crippen molar-refractivity contribution in [3.8, 4) is 17.1 Å². The molecule has 0 aliphatic carbocycles. The third kappa shape index (κ3) is 4.98. The summed E-state index contributed by atoms with van der Waals surface area (Å²) in [6.07, 6.45) is 5.91. The highest BCUT2D eigenvalue weighted by molar-refractivity contribution is 6.30. The number of nitrogens with zero attached hydrogens (tertiary/aromatic N) is 4. The molecule has 0 unspecified atom stereocenters. The molecule has 0 bridgehead atoms. The van der Waals surface area contributed by atoms with E-state index in [2.05, 4.69) is 34.3 Å². The van der Waals surface area contributed by atoms with Gasteiger partial charge in [-0.2, -0.15) is 5.10 Å². The van der Waals surface area contributed by atoms with E-state index in [4.69, 9.17) is 16.0 Å². The maximum atomic E-state index is 13.5. The summed E-state index contributed by atoms with van der Waals surface area (Å²) in [7, 11) is 0. The summed E-state index contributed by atoms with van der Waals surface area (Å²) in [5.41, 5.74) is 3.03. The highest BCUT2D eigenvalue weighted by atomic mass is 35.5. The van der Waals surface area contributed by atoms with Crippen LogP contribution in [0.15, 0.2) is 89.6 Å². The molecule has 1 aliphatic heterocycles. The van der Waals surface area contributed by atoms with E-state index in [0.29, 0.717) is 35.3 Å². The molecule has 4 aromatic rings. The van der Waals surface area contributed by atoms with Gasteiger partial charge in [-0.3, -0.25) is 9.69 Å². The van der Waals surface area contributed by atoms with Gasteiger partial charge in [-0.25, -0.2) is 4.68 Å². The van der Waals surface area contributed by atoms with Crippen LogP contribution >= 0.6 is 11.6 Å². The van der Waals surface area contributed by atoms with E-state index in [-0.39, 0.29) is 5.91 Å². The normalized spacial score (nSPS) is 14.7. The summed E-state index contributed by atoms with van der Waals surface area (Å²) in [5.74, 6) is 0.564. The SMILES string of the molecule is O=C(c1cc(-c2ccco2)nn1-c1cccc(Cl)c1)N1CCN(CC=Cc2ccccc2)CC1. The quantitative estimate of drug-likeness (QED) is 0.384. The Labute approximate surface area is 203 Å². The van der Waals surface area contributed by atoms with Gasteiger partial charge >= 0.3 is 0 Å². The van der Waals surface area contributed by atoms with Crippen LogP contribution in [0.2, 0.25) is 5.02 Å². The number of rotatable bonds is 6. The Bertz CT molecular complexity index is 1270. The summed E-state index contributed by atoms with van der Waals surface area (Å²) in [6, 6.07) is 23.0. The van der Waals surface area contributed by atoms with Gasteiger partial charge in [-0.1, -0.05) is 60.2 Å². The van der Waals surface area contributed by atoms with Gasteiger partial charge in [-0.15, -0.1) is 0 Å². The number of hydrogen-bond donors (Lipinski definition) is 0. The second kappa shape index (κ2) is 10.1. The fourth-order valence-corrected chi connectivity index (χ4v) is 4.26. The summed E-state index contributed by atoms with van der Waals surface area (Å²) in [6.45, 7) is 3.83. The lowest BCUT2D eigenvalue weighted by atomic mass is 10.2. The summed E-state index contributed by atoms with van der Waals surface area (Å²) < 4.78 is 7.17. The van der Waals surface area contributed by atoms with Crippen LogP contribution < -0.4 is 0 Å². The number of hydrogen-bond acceptors (Lipinski definition) is 4. The van der Waals surface area contributed by atoms with Crippen molar-refractivity contribution >= 4 is 23.6 Å². The maximum Gasteiger partial charge on any atom is 0.272 e. The van der Waals surface area contributed by atoms with E-state index < -0.39 is 0 Å². The zero-order valence-corrected chi connectivity index (χ0v) is 19.4. The van der Waals surface area contributed by atoms with Crippen LogP contribution in [0.1, 0.15) is 16.1 Å². The fraction of sp³-hybridized carbons (Fsp3) is 0.185. The number of benzene rings is 2. The monoisotopic (exact) mass is 472 g/mol. The molecule has 0 saturated carbocycles. The minimum absolute atomic E-state index is 0.0511. The molecule has 7 heteroatoms. The molecule has 0 radical (unpaired) electrons. The molecule has 1 amide bonds. The van der Waals surface area contributed by atoms with Gasteiger partial charge < -0.3 is 9.32 Å². The van der Waals surface area contributed by atoms with Gasteiger partial charge in [0, 0.05) is 43.8 Å². The first-order valence-corrected chi connectivity index (χ1v) is 11.7. The van der Waals surface area contributed by atoms with Crippen molar-refractivity contribution in [3.63, 3.8) is 0 Å². The van der Waals surface area contributed by atoms with Crippen LogP contribution in [0.25, 0.3) is 23.2 Å². The lowest BCUT2D eigenvalue weighted by Gasteiger charge is -2.34. The second-order valence-electron chi connectivity index (χ2n) is 8.19. The average molecular weight is 473 g/mol. The van der Waals surface area contributed by atoms with E-state index in [1.54, 1.807) is 35.2 Å². The topological polar surface area (TPSA) is 54.5 Å². The molecule has 0 atom stereocenters. The number of furan rings is 1. The third-order valence-electron chi connectivity index (χ3n) is 5.89. The molecule has 1 fully saturated rings. The molecule has 1 aliphatic rings. The Morgan fingerprint density at radius 1 is 0.971 bits per heavy atom. The van der Waals surface area contributed by atoms with Crippen molar-refractivity contribution in [2.45, 2.75) is 0 Å². The van der Waals surface area contributed by atoms with E-state index in [1.165, 1.54) is 5.56 Å². The van der Waals surface area contributed by atoms with Crippen molar-refractivity contribution in [1.82, 2.24) is 19.6 Å². The lowest BCUT2D eigenvalue weighted by Crippen LogP contribution is -2.49. The van der Waals surface area contributed by atoms with Crippen LogP contribution in [0.5, 0.6) is 0 Å². The van der Waals surface area contributed by atoms with Crippen molar-refractivity contribution < 1.29 is 9.21 Å². The van der Waals surface area contributed by atoms with E-state index >= 15 is 0 Å². The van der Waals surface area contributed by atoms with Gasteiger partial charge in [0.1, 0.15) is 11.4 Å². The zero-order chi connectivity index (χ0) is 23.3. The van der Waals surface area contributed by atoms with Gasteiger partial charge in [0.15, 0.2) is 5.76 Å². The maximum absolute atomic E-state index is 13.5. The summed E-state index contributed by atoms with van der Waals surface area (Å²) in [4.78, 5) is 17.8. The van der Waals surface area contributed by atoms with Gasteiger partial charge in [0.2, 0.25) is 0 Å². The van der Waals surface area contributed by atoms with E-state index in [9.17, 15) is 4.79 Å². The Kier molecular flexibility index (Phi) is 6.60. The smallest absolute Gasteiger partial charge is 0.272 e. The van der Waals surface area contributed by atoms with Crippen molar-refractivity contribution in [3.05, 3.63) is 101 Å². The largest absolute Gasteiger partial charge is 0.463 e. The molecule has 5 rings (SSSR count). The minimum atomic E-state index is -0.0511. The first-order chi connectivity index (χ1) is 16.7. The standard InChI is InChI=1S/C27H25ClN4O2/c28-22-10-4-11-23(19-22)32-25(20-24(29-32)26-12-6-18-34-26)27(33)31-16-14-30(15-17-31)13-5-9-21-7-2-1-3-8-21/h1-12,18-20H,13-17H2. The molecule has 2 aromatic heterocycles. The lowest BCUT2D eigenvalue weighted by molar-refractivity contribution is 0.0641. The Morgan fingerprint density at radius 2 is 1.79 bits per heavy atom. The van der Waals surface area contributed by atoms with Gasteiger partial charge in [0.25, 0.3) is 5.91 Å². The number of halogens is 1. The molecule has 172 valence electrons. The van der Waals surface area contributed by atoms with Crippen molar-refractivity contribution in [2.24, 2.45) is 0 Å². The van der Waals surface area contributed by atoms with Crippen molar-refractivity contribution in [2.75, 3.05) is 32.7 Å². The molecule has 1 saturated heterocycles. The molecule has 0 N–H and O–H groups in total. The molecular weight excluding hydrogens is 448 g/mol. The molecule has 34 heavy (non-hydrogen) atoms. The van der Waals surface area contributed by atoms with Crippen molar-refractivity contribution in [1.29, 1.82) is 0 Å². The molecule has 6 nitrogen and oxygen atoms in total. The Balaban J connectivity index is 1.30. The van der Waals surface area contributed by atoms with Crippen LogP contribution in [0.3, 0.4) is 0 Å². The van der Waals surface area contributed by atoms with Gasteiger partial charge in [0.05, 0.1) is 12.0 Å². The third-order valence-corrected chi connectivity index (χ3v) is 6.12. The Hall–Kier alpha value is -3.61. The highest BCUT2D eigenvalue weighted by Gasteiger charge is 2.26. The molecule has 3 heterocycles. The number of carbonyl (C=O) groups excluding carboxylic acids is 1. The minimum Gasteiger partial charge on any atom is -0.463 e. The molecular formula is C27H25ClN4O2. The van der Waals surface area contributed by atoms with Crippen LogP contribution in [0, 0.1) is 0 Å². The van der Waals surface area contributed by atoms with E-state index in [0.717, 1.165) is 25.3 Å². The fourth-order valence-electron chi connectivity index (χ4n) is 4.08. The van der Waals surface area contributed by atoms with Crippen LogP contribution in [-0.2, 0) is 0 Å². The van der Waals surface area contributed by atoms with Crippen LogP contribution in [0.4, 0.5) is 0 Å². The molecule has 0 spiro atoms. The predicted molar refractivity (Wildman–Crippen MR) is 134 cm³/mol. The molecule has 2 aromatic carbocycles. The number of carbonyl (C=O) groups is 1.